The molecule has 0 spiro atoms. The Labute approximate surface area is 109 Å². The number of hydrogen-bond donors (Lipinski definition) is 0. The van der Waals surface area contributed by atoms with Gasteiger partial charge in [0.25, 0.3) is 5.91 Å². The SMILES string of the molecule is COC1CCN(C(=O)c2cncc(Br)c2)CC1. The van der Waals surface area contributed by atoms with Crippen molar-refractivity contribution >= 4 is 21.8 Å². The highest BCUT2D eigenvalue weighted by Gasteiger charge is 2.23. The van der Waals surface area contributed by atoms with E-state index in [9.17, 15) is 4.79 Å². The van der Waals surface area contributed by atoms with Gasteiger partial charge in [-0.05, 0) is 34.8 Å². The number of ether oxygens (including phenoxy) is 1. The van der Waals surface area contributed by atoms with E-state index in [2.05, 4.69) is 20.9 Å². The maximum atomic E-state index is 12.2. The van der Waals surface area contributed by atoms with Gasteiger partial charge >= 0.3 is 0 Å². The van der Waals surface area contributed by atoms with Crippen LogP contribution in [0.25, 0.3) is 0 Å². The van der Waals surface area contributed by atoms with Crippen molar-refractivity contribution in [3.8, 4) is 0 Å². The fourth-order valence-electron chi connectivity index (χ4n) is 2.01. The van der Waals surface area contributed by atoms with Crippen molar-refractivity contribution in [3.05, 3.63) is 28.5 Å². The Morgan fingerprint density at radius 1 is 1.47 bits per heavy atom. The molecule has 5 heteroatoms. The van der Waals surface area contributed by atoms with Crippen LogP contribution in [0.15, 0.2) is 22.9 Å². The third-order valence-electron chi connectivity index (χ3n) is 3.01. The molecule has 92 valence electrons. The summed E-state index contributed by atoms with van der Waals surface area (Å²) < 4.78 is 6.12. The predicted octanol–water partition coefficient (Wildman–Crippen LogP) is 2.10. The van der Waals surface area contributed by atoms with E-state index < -0.39 is 0 Å². The summed E-state index contributed by atoms with van der Waals surface area (Å²) in [4.78, 5) is 18.0. The second-order valence-corrected chi connectivity index (χ2v) is 5.03. The Bertz CT molecular complexity index is 403. The topological polar surface area (TPSA) is 42.4 Å². The van der Waals surface area contributed by atoms with Gasteiger partial charge < -0.3 is 9.64 Å². The zero-order valence-corrected chi connectivity index (χ0v) is 11.3. The number of piperidine rings is 1. The van der Waals surface area contributed by atoms with Crippen LogP contribution in [0, 0.1) is 0 Å². The molecule has 17 heavy (non-hydrogen) atoms. The highest BCUT2D eigenvalue weighted by Crippen LogP contribution is 2.17. The van der Waals surface area contributed by atoms with Gasteiger partial charge in [0.1, 0.15) is 0 Å². The van der Waals surface area contributed by atoms with E-state index in [1.165, 1.54) is 0 Å². The Morgan fingerprint density at radius 2 is 2.18 bits per heavy atom. The van der Waals surface area contributed by atoms with Gasteiger partial charge in [0.15, 0.2) is 0 Å². The largest absolute Gasteiger partial charge is 0.381 e. The van der Waals surface area contributed by atoms with Crippen LogP contribution in [-0.2, 0) is 4.74 Å². The van der Waals surface area contributed by atoms with Crippen LogP contribution in [0.4, 0.5) is 0 Å². The molecule has 2 heterocycles. The molecule has 1 aromatic heterocycles. The molecule has 1 amide bonds. The number of halogens is 1. The fraction of sp³-hybridized carbons (Fsp3) is 0.500. The molecule has 0 aromatic carbocycles. The maximum absolute atomic E-state index is 12.2. The summed E-state index contributed by atoms with van der Waals surface area (Å²) >= 11 is 3.32. The molecule has 4 nitrogen and oxygen atoms in total. The van der Waals surface area contributed by atoms with Crippen LogP contribution in [0.3, 0.4) is 0 Å². The van der Waals surface area contributed by atoms with Gasteiger partial charge in [-0.1, -0.05) is 0 Å². The summed E-state index contributed by atoms with van der Waals surface area (Å²) in [6.07, 6.45) is 5.39. The van der Waals surface area contributed by atoms with E-state index in [1.807, 2.05) is 4.90 Å². The summed E-state index contributed by atoms with van der Waals surface area (Å²) in [5.41, 5.74) is 0.634. The molecule has 1 saturated heterocycles. The van der Waals surface area contributed by atoms with E-state index in [0.29, 0.717) is 11.7 Å². The van der Waals surface area contributed by atoms with Crippen LogP contribution in [0.1, 0.15) is 23.2 Å². The van der Waals surface area contributed by atoms with Crippen LogP contribution in [-0.4, -0.2) is 42.1 Å². The summed E-state index contributed by atoms with van der Waals surface area (Å²) in [6.45, 7) is 1.51. The maximum Gasteiger partial charge on any atom is 0.255 e. The van der Waals surface area contributed by atoms with Crippen molar-refractivity contribution in [2.24, 2.45) is 0 Å². The fourth-order valence-corrected chi connectivity index (χ4v) is 2.37. The molecule has 1 aliphatic heterocycles. The molecule has 0 saturated carbocycles. The normalized spacial score (nSPS) is 17.2. The number of pyridine rings is 1. The molecule has 1 aromatic rings. The van der Waals surface area contributed by atoms with Crippen molar-refractivity contribution in [2.45, 2.75) is 18.9 Å². The lowest BCUT2D eigenvalue weighted by molar-refractivity contribution is 0.0350. The molecule has 0 bridgehead atoms. The molecule has 2 rings (SSSR count). The van der Waals surface area contributed by atoms with Crippen LogP contribution in [0.2, 0.25) is 0 Å². The van der Waals surface area contributed by atoms with Crippen molar-refractivity contribution < 1.29 is 9.53 Å². The van der Waals surface area contributed by atoms with Gasteiger partial charge in [0.2, 0.25) is 0 Å². The Kier molecular flexibility index (Phi) is 4.12. The second-order valence-electron chi connectivity index (χ2n) is 4.12. The number of hydrogen-bond acceptors (Lipinski definition) is 3. The highest BCUT2D eigenvalue weighted by atomic mass is 79.9. The lowest BCUT2D eigenvalue weighted by Gasteiger charge is -2.31. The second kappa shape index (κ2) is 5.60. The number of aromatic nitrogens is 1. The number of nitrogens with zero attached hydrogens (tertiary/aromatic N) is 2. The van der Waals surface area contributed by atoms with Crippen LogP contribution < -0.4 is 0 Å². The first-order valence-corrected chi connectivity index (χ1v) is 6.42. The number of likely N-dealkylation sites (tertiary alicyclic amines) is 1. The standard InChI is InChI=1S/C12H15BrN2O2/c1-17-11-2-4-15(5-3-11)12(16)9-6-10(13)8-14-7-9/h6-8,11H,2-5H2,1H3. The number of carbonyl (C=O) groups excluding carboxylic acids is 1. The van der Waals surface area contributed by atoms with Gasteiger partial charge in [0, 0.05) is 37.1 Å². The first kappa shape index (κ1) is 12.5. The lowest BCUT2D eigenvalue weighted by Crippen LogP contribution is -2.40. The van der Waals surface area contributed by atoms with Gasteiger partial charge in [-0.25, -0.2) is 0 Å². The Morgan fingerprint density at radius 3 is 2.76 bits per heavy atom. The van der Waals surface area contributed by atoms with Gasteiger partial charge in [-0.2, -0.15) is 0 Å². The molecule has 0 N–H and O–H groups in total. The summed E-state index contributed by atoms with van der Waals surface area (Å²) in [5.74, 6) is 0.0494. The summed E-state index contributed by atoms with van der Waals surface area (Å²) in [5, 5.41) is 0. The highest BCUT2D eigenvalue weighted by molar-refractivity contribution is 9.10. The van der Waals surface area contributed by atoms with Crippen LogP contribution in [0.5, 0.6) is 0 Å². The van der Waals surface area contributed by atoms with E-state index in [1.54, 1.807) is 25.6 Å². The molecule has 1 fully saturated rings. The third kappa shape index (κ3) is 3.04. The zero-order valence-electron chi connectivity index (χ0n) is 9.73. The number of rotatable bonds is 2. The van der Waals surface area contributed by atoms with E-state index in [-0.39, 0.29) is 5.91 Å². The van der Waals surface area contributed by atoms with E-state index in [4.69, 9.17) is 4.74 Å². The van der Waals surface area contributed by atoms with E-state index >= 15 is 0 Å². The smallest absolute Gasteiger partial charge is 0.255 e. The molecular formula is C12H15BrN2O2. The minimum Gasteiger partial charge on any atom is -0.381 e. The van der Waals surface area contributed by atoms with Crippen molar-refractivity contribution in [3.63, 3.8) is 0 Å². The van der Waals surface area contributed by atoms with Crippen molar-refractivity contribution in [1.82, 2.24) is 9.88 Å². The first-order valence-electron chi connectivity index (χ1n) is 5.63. The minimum atomic E-state index is 0.0494. The average Bonchev–Trinajstić information content (AvgIpc) is 2.38. The number of amides is 1. The lowest BCUT2D eigenvalue weighted by atomic mass is 10.1. The number of methoxy groups -OCH3 is 1. The average molecular weight is 299 g/mol. The molecule has 0 aliphatic carbocycles. The van der Waals surface area contributed by atoms with Crippen molar-refractivity contribution in [1.29, 1.82) is 0 Å². The predicted molar refractivity (Wildman–Crippen MR) is 67.9 cm³/mol. The molecule has 1 aliphatic rings. The van der Waals surface area contributed by atoms with Crippen molar-refractivity contribution in [2.75, 3.05) is 20.2 Å². The zero-order chi connectivity index (χ0) is 12.3. The molecular weight excluding hydrogens is 284 g/mol. The Balaban J connectivity index is 2.02. The summed E-state index contributed by atoms with van der Waals surface area (Å²) in [6, 6.07) is 1.80. The summed E-state index contributed by atoms with van der Waals surface area (Å²) in [7, 11) is 1.72. The third-order valence-corrected chi connectivity index (χ3v) is 3.45. The Hall–Kier alpha value is -0.940. The molecule has 0 atom stereocenters. The van der Waals surface area contributed by atoms with E-state index in [0.717, 1.165) is 30.4 Å². The van der Waals surface area contributed by atoms with Gasteiger partial charge in [-0.3, -0.25) is 9.78 Å². The van der Waals surface area contributed by atoms with Gasteiger partial charge in [0.05, 0.1) is 11.7 Å². The number of carbonyl (C=O) groups is 1. The first-order chi connectivity index (χ1) is 8.20. The van der Waals surface area contributed by atoms with Crippen LogP contribution >= 0.6 is 15.9 Å². The molecule has 0 unspecified atom stereocenters. The quantitative estimate of drug-likeness (QED) is 0.840. The molecule has 0 radical (unpaired) electrons. The minimum absolute atomic E-state index is 0.0494. The monoisotopic (exact) mass is 298 g/mol. The van der Waals surface area contributed by atoms with Gasteiger partial charge in [-0.15, -0.1) is 0 Å².